The molecule has 0 radical (unpaired) electrons. The first kappa shape index (κ1) is 26.3. The van der Waals surface area contributed by atoms with E-state index in [1.165, 1.54) is 6.66 Å². The van der Waals surface area contributed by atoms with Gasteiger partial charge in [0.25, 0.3) is 0 Å². The van der Waals surface area contributed by atoms with Crippen LogP contribution in [-0.4, -0.2) is 56.5 Å². The van der Waals surface area contributed by atoms with Crippen LogP contribution in [0.5, 0.6) is 5.75 Å². The zero-order chi connectivity index (χ0) is 23.4. The number of methoxy groups -OCH3 is 2. The average molecular weight is 463 g/mol. The number of rotatable bonds is 13. The van der Waals surface area contributed by atoms with E-state index in [1.807, 2.05) is 54.6 Å². The molecule has 0 bridgehead atoms. The molecule has 1 aromatic carbocycles. The Morgan fingerprint density at radius 3 is 2.66 bits per heavy atom. The monoisotopic (exact) mass is 462 g/mol. The summed E-state index contributed by atoms with van der Waals surface area (Å²) in [6, 6.07) is 9.56. The van der Waals surface area contributed by atoms with E-state index in [4.69, 9.17) is 14.2 Å². The Balaban J connectivity index is 1.94. The lowest BCUT2D eigenvalue weighted by Crippen LogP contribution is -2.22. The lowest BCUT2D eigenvalue weighted by atomic mass is 9.90. The van der Waals surface area contributed by atoms with Gasteiger partial charge in [-0.3, -0.25) is 9.36 Å². The topological polar surface area (TPSA) is 82.1 Å². The summed E-state index contributed by atoms with van der Waals surface area (Å²) in [5.74, 6) is 0.758. The summed E-state index contributed by atoms with van der Waals surface area (Å²) in [5.41, 5.74) is 3.10. The number of benzene rings is 1. The third-order valence-electron chi connectivity index (χ3n) is 5.55. The molecule has 1 aromatic rings. The maximum absolute atomic E-state index is 12.6. The number of hydrogen-bond acceptors (Lipinski definition) is 5. The quantitative estimate of drug-likeness (QED) is 0.199. The lowest BCUT2D eigenvalue weighted by molar-refractivity contribution is -0.121. The molecule has 0 spiro atoms. The smallest absolute Gasteiger partial charge is 0.197 e. The predicted octanol–water partition coefficient (Wildman–Crippen LogP) is 4.64. The van der Waals surface area contributed by atoms with E-state index in [-0.39, 0.29) is 29.8 Å². The maximum Gasteiger partial charge on any atom is 0.197 e. The Hall–Kier alpha value is -1.94. The fourth-order valence-electron chi connectivity index (χ4n) is 3.74. The molecule has 1 N–H and O–H groups in total. The number of carbonyl (C=O) groups is 1. The largest absolute Gasteiger partial charge is 0.491 e. The molecule has 1 saturated carbocycles. The van der Waals surface area contributed by atoms with Crippen LogP contribution in [0.3, 0.4) is 0 Å². The molecular weight excluding hydrogens is 427 g/mol. The highest BCUT2D eigenvalue weighted by atomic mass is 31.2. The summed E-state index contributed by atoms with van der Waals surface area (Å²) < 4.78 is 28.2. The van der Waals surface area contributed by atoms with Crippen molar-refractivity contribution in [3.05, 3.63) is 60.4 Å². The molecule has 176 valence electrons. The van der Waals surface area contributed by atoms with Gasteiger partial charge in [-0.2, -0.15) is 0 Å². The van der Waals surface area contributed by atoms with Crippen LogP contribution in [0.15, 0.2) is 60.4 Å². The minimum atomic E-state index is -2.95. The predicted molar refractivity (Wildman–Crippen MR) is 126 cm³/mol. The second-order valence-electron chi connectivity index (χ2n) is 8.14. The van der Waals surface area contributed by atoms with Gasteiger partial charge < -0.3 is 19.1 Å². The summed E-state index contributed by atoms with van der Waals surface area (Å²) >= 11 is 0. The first-order valence-corrected chi connectivity index (χ1v) is 13.3. The first-order valence-electron chi connectivity index (χ1n) is 11.0. The number of allylic oxidation sites excluding steroid dienone is 1. The second-order valence-corrected chi connectivity index (χ2v) is 10.7. The summed E-state index contributed by atoms with van der Waals surface area (Å²) in [6.07, 6.45) is 9.92. The van der Waals surface area contributed by atoms with Crippen molar-refractivity contribution in [2.45, 2.75) is 37.9 Å². The number of ether oxygens (including phenoxy) is 3. The second kappa shape index (κ2) is 13.6. The van der Waals surface area contributed by atoms with Crippen LogP contribution in [-0.2, 0) is 18.8 Å². The van der Waals surface area contributed by atoms with E-state index in [9.17, 15) is 14.3 Å². The van der Waals surface area contributed by atoms with E-state index in [0.717, 1.165) is 5.75 Å². The highest BCUT2D eigenvalue weighted by molar-refractivity contribution is 7.57. The number of hydrogen-bond donors (Lipinski definition) is 1. The van der Waals surface area contributed by atoms with Crippen molar-refractivity contribution < 1.29 is 28.5 Å². The van der Waals surface area contributed by atoms with Crippen LogP contribution < -0.4 is 4.74 Å². The summed E-state index contributed by atoms with van der Waals surface area (Å²) in [5, 5.41) is 0. The normalized spacial score (nSPS) is 23.5. The lowest BCUT2D eigenvalue weighted by Gasteiger charge is -2.20. The van der Waals surface area contributed by atoms with Crippen LogP contribution in [0.1, 0.15) is 25.7 Å². The number of Topliss-reactive ketones (excluding diaryl/α,β-unsaturated/α-hetero) is 1. The Morgan fingerprint density at radius 1 is 1.25 bits per heavy atom. The minimum Gasteiger partial charge on any atom is -0.491 e. The summed E-state index contributed by atoms with van der Waals surface area (Å²) in [6.45, 7) is 1.75. The third kappa shape index (κ3) is 9.28. The van der Waals surface area contributed by atoms with Crippen molar-refractivity contribution in [3.63, 3.8) is 0 Å². The number of ketones is 1. The molecule has 6 nitrogen and oxygen atoms in total. The zero-order valence-corrected chi connectivity index (χ0v) is 20.1. The van der Waals surface area contributed by atoms with Crippen LogP contribution >= 0.6 is 7.37 Å². The maximum atomic E-state index is 12.6. The molecular formula is C25H35O6P. The Bertz CT molecular complexity index is 837. The van der Waals surface area contributed by atoms with E-state index in [2.05, 4.69) is 5.73 Å². The number of carbonyl (C=O) groups excluding carboxylic acids is 1. The van der Waals surface area contributed by atoms with E-state index in [0.29, 0.717) is 38.5 Å². The van der Waals surface area contributed by atoms with Gasteiger partial charge in [-0.15, -0.1) is 5.73 Å². The van der Waals surface area contributed by atoms with Gasteiger partial charge in [0.05, 0.1) is 6.10 Å². The Labute approximate surface area is 191 Å². The van der Waals surface area contributed by atoms with Gasteiger partial charge in [0.1, 0.15) is 24.2 Å². The fraction of sp³-hybridized carbons (Fsp3) is 0.520. The molecule has 1 aliphatic carbocycles. The third-order valence-corrected chi connectivity index (χ3v) is 6.70. The van der Waals surface area contributed by atoms with Gasteiger partial charge in [-0.25, -0.2) is 0 Å². The molecule has 1 aliphatic rings. The van der Waals surface area contributed by atoms with Gasteiger partial charge in [0.2, 0.25) is 0 Å². The van der Waals surface area contributed by atoms with Crippen molar-refractivity contribution in [2.24, 2.45) is 11.8 Å². The fourth-order valence-corrected chi connectivity index (χ4v) is 4.51. The SMILES string of the molecule is COC(/C=C/[C@H]1C(OC)CC(=O)[C@@H]1CC=C=CCCCP(C)(=O)O)COc1ccccc1. The number of unbranched alkanes of at least 4 members (excludes halogenated alkanes) is 1. The highest BCUT2D eigenvalue weighted by Gasteiger charge is 2.40. The first-order chi connectivity index (χ1) is 15.3. The van der Waals surface area contributed by atoms with Gasteiger partial charge in [0, 0.05) is 45.3 Å². The minimum absolute atomic E-state index is 0.0414. The molecule has 0 amide bonds. The Morgan fingerprint density at radius 2 is 2.00 bits per heavy atom. The molecule has 0 aliphatic heterocycles. The van der Waals surface area contributed by atoms with Gasteiger partial charge in [0.15, 0.2) is 7.37 Å². The van der Waals surface area contributed by atoms with Gasteiger partial charge >= 0.3 is 0 Å². The van der Waals surface area contributed by atoms with Crippen molar-refractivity contribution in [2.75, 3.05) is 33.7 Å². The molecule has 0 heterocycles. The van der Waals surface area contributed by atoms with Crippen molar-refractivity contribution in [1.82, 2.24) is 0 Å². The van der Waals surface area contributed by atoms with Gasteiger partial charge in [-0.05, 0) is 43.5 Å². The van der Waals surface area contributed by atoms with Crippen molar-refractivity contribution >= 4 is 13.2 Å². The molecule has 2 rings (SSSR count). The van der Waals surface area contributed by atoms with Crippen LogP contribution in [0, 0.1) is 11.8 Å². The van der Waals surface area contributed by atoms with E-state index in [1.54, 1.807) is 14.2 Å². The molecule has 32 heavy (non-hydrogen) atoms. The zero-order valence-electron chi connectivity index (χ0n) is 19.2. The van der Waals surface area contributed by atoms with Crippen LogP contribution in [0.4, 0.5) is 0 Å². The standard InChI is InChI=1S/C25H35O6P/c1-29-21(19-31-20-12-8-7-9-13-20)15-16-23-22(24(26)18-25(23)30-2)14-10-5-4-6-11-17-32(3,27)28/h4,7-10,12-13,15-16,21-23,25H,6,11,14,17-19H2,1-3H3,(H,27,28)/b16-15+/t5?,21?,22-,23-,25?/m1/s1. The molecule has 0 aromatic heterocycles. The van der Waals surface area contributed by atoms with E-state index >= 15 is 0 Å². The average Bonchev–Trinajstić information content (AvgIpc) is 3.07. The summed E-state index contributed by atoms with van der Waals surface area (Å²) in [4.78, 5) is 21.9. The molecule has 1 fully saturated rings. The summed E-state index contributed by atoms with van der Waals surface area (Å²) in [7, 11) is 0.321. The molecule has 7 heteroatoms. The van der Waals surface area contributed by atoms with Crippen molar-refractivity contribution in [3.8, 4) is 5.75 Å². The van der Waals surface area contributed by atoms with Crippen molar-refractivity contribution in [1.29, 1.82) is 0 Å². The van der Waals surface area contributed by atoms with Crippen LogP contribution in [0.25, 0.3) is 0 Å². The molecule has 3 unspecified atom stereocenters. The van der Waals surface area contributed by atoms with Gasteiger partial charge in [-0.1, -0.05) is 30.4 Å². The molecule has 5 atom stereocenters. The Kier molecular flexibility index (Phi) is 11.2. The van der Waals surface area contributed by atoms with E-state index < -0.39 is 7.37 Å². The molecule has 0 saturated heterocycles. The van der Waals surface area contributed by atoms with Crippen LogP contribution in [0.2, 0.25) is 0 Å². The highest BCUT2D eigenvalue weighted by Crippen LogP contribution is 2.36. The number of para-hydroxylation sites is 1.